The number of nitrogens with one attached hydrogen (secondary N) is 1. The highest BCUT2D eigenvalue weighted by molar-refractivity contribution is 14.1. The van der Waals surface area contributed by atoms with Crippen LogP contribution in [-0.2, 0) is 4.74 Å². The predicted molar refractivity (Wildman–Crippen MR) is 113 cm³/mol. The zero-order valence-electron chi connectivity index (χ0n) is 16.7. The number of alkyl halides is 1. The van der Waals surface area contributed by atoms with E-state index < -0.39 is 0 Å². The molecule has 2 heterocycles. The lowest BCUT2D eigenvalue weighted by atomic mass is 9.60. The van der Waals surface area contributed by atoms with Gasteiger partial charge in [0.2, 0.25) is 0 Å². The summed E-state index contributed by atoms with van der Waals surface area (Å²) < 4.78 is 6.42. The molecule has 0 radical (unpaired) electrons. The van der Waals surface area contributed by atoms with Crippen molar-refractivity contribution in [2.75, 3.05) is 26.3 Å². The van der Waals surface area contributed by atoms with Gasteiger partial charge in [0.1, 0.15) is 0 Å². The van der Waals surface area contributed by atoms with Gasteiger partial charge in [-0.1, -0.05) is 57.2 Å². The highest BCUT2D eigenvalue weighted by Crippen LogP contribution is 2.49. The summed E-state index contributed by atoms with van der Waals surface area (Å²) in [7, 11) is 0. The number of halogens is 1. The van der Waals surface area contributed by atoms with Gasteiger partial charge in [0, 0.05) is 17.1 Å². The summed E-state index contributed by atoms with van der Waals surface area (Å²) >= 11 is 2.68. The molecule has 2 rings (SSSR count). The first-order chi connectivity index (χ1) is 11.3. The second-order valence-corrected chi connectivity index (χ2v) is 10.8. The maximum absolute atomic E-state index is 5.68. The van der Waals surface area contributed by atoms with E-state index in [0.29, 0.717) is 10.8 Å². The first-order valence-electron chi connectivity index (χ1n) is 10.3. The van der Waals surface area contributed by atoms with Crippen LogP contribution in [0, 0.1) is 28.6 Å². The molecule has 0 unspecified atom stereocenters. The fraction of sp³-hybridized carbons (Fsp3) is 1.00. The van der Waals surface area contributed by atoms with E-state index in [4.69, 9.17) is 4.74 Å². The van der Waals surface area contributed by atoms with E-state index in [1.54, 1.807) is 0 Å². The van der Waals surface area contributed by atoms with Crippen molar-refractivity contribution in [3.05, 3.63) is 0 Å². The molecule has 3 atom stereocenters. The summed E-state index contributed by atoms with van der Waals surface area (Å²) in [5.74, 6) is 2.44. The molecule has 0 saturated carbocycles. The Labute approximate surface area is 164 Å². The van der Waals surface area contributed by atoms with Crippen molar-refractivity contribution < 1.29 is 4.74 Å². The Balaban J connectivity index is 1.99. The molecule has 2 fully saturated rings. The van der Waals surface area contributed by atoms with Crippen molar-refractivity contribution in [3.8, 4) is 0 Å². The first-order valence-corrected chi connectivity index (χ1v) is 11.5. The summed E-state index contributed by atoms with van der Waals surface area (Å²) in [6.45, 7) is 16.8. The van der Waals surface area contributed by atoms with Gasteiger partial charge in [-0.2, -0.15) is 0 Å². The van der Waals surface area contributed by atoms with Gasteiger partial charge in [-0.05, 0) is 80.2 Å². The molecule has 0 spiro atoms. The summed E-state index contributed by atoms with van der Waals surface area (Å²) in [6, 6.07) is 0. The highest BCUT2D eigenvalue weighted by Gasteiger charge is 2.43. The molecule has 0 aromatic carbocycles. The summed E-state index contributed by atoms with van der Waals surface area (Å²) in [6.07, 6.45) is 8.02. The minimum atomic E-state index is 0.498. The number of ether oxygens (including phenoxy) is 1. The molecule has 24 heavy (non-hydrogen) atoms. The third kappa shape index (κ3) is 4.31. The normalized spacial score (nSPS) is 27.6. The lowest BCUT2D eigenvalue weighted by molar-refractivity contribution is -0.0186. The molecule has 2 saturated heterocycles. The molecule has 142 valence electrons. The molecule has 0 aromatic rings. The minimum absolute atomic E-state index is 0.498. The maximum atomic E-state index is 5.68. The summed E-state index contributed by atoms with van der Waals surface area (Å²) in [4.78, 5) is 0. The van der Waals surface area contributed by atoms with E-state index >= 15 is 0 Å². The lowest BCUT2D eigenvalue weighted by Gasteiger charge is -2.48. The Morgan fingerprint density at radius 1 is 0.833 bits per heavy atom. The van der Waals surface area contributed by atoms with Crippen LogP contribution < -0.4 is 5.32 Å². The second kappa shape index (κ2) is 9.03. The van der Waals surface area contributed by atoms with E-state index in [1.807, 2.05) is 0 Å². The Kier molecular flexibility index (Phi) is 7.89. The van der Waals surface area contributed by atoms with E-state index in [9.17, 15) is 0 Å². The molecule has 3 heteroatoms. The van der Waals surface area contributed by atoms with Gasteiger partial charge < -0.3 is 10.1 Å². The zero-order valence-corrected chi connectivity index (χ0v) is 18.8. The van der Waals surface area contributed by atoms with Crippen LogP contribution in [0.2, 0.25) is 0 Å². The van der Waals surface area contributed by atoms with Gasteiger partial charge in [-0.3, -0.25) is 0 Å². The van der Waals surface area contributed by atoms with Crippen molar-refractivity contribution in [1.29, 1.82) is 0 Å². The SMILES string of the molecule is CC(C)C1([C@H](C)CC[C@H](C)C2([C@H](C)I)CCOCC2)CCNCC1. The molecule has 0 aliphatic carbocycles. The quantitative estimate of drug-likeness (QED) is 0.399. The Morgan fingerprint density at radius 2 is 1.33 bits per heavy atom. The Hall–Kier alpha value is 0.650. The molecule has 0 bridgehead atoms. The summed E-state index contributed by atoms with van der Waals surface area (Å²) in [5.41, 5.74) is 1.06. The third-order valence-electron chi connectivity index (χ3n) is 7.90. The van der Waals surface area contributed by atoms with Gasteiger partial charge in [0.05, 0.1) is 0 Å². The van der Waals surface area contributed by atoms with E-state index in [-0.39, 0.29) is 0 Å². The summed E-state index contributed by atoms with van der Waals surface area (Å²) in [5, 5.41) is 3.57. The molecule has 2 aliphatic rings. The third-order valence-corrected chi connectivity index (χ3v) is 9.14. The van der Waals surface area contributed by atoms with E-state index in [2.05, 4.69) is 62.5 Å². The highest BCUT2D eigenvalue weighted by atomic mass is 127. The van der Waals surface area contributed by atoms with Crippen LogP contribution in [-0.4, -0.2) is 30.2 Å². The average molecular weight is 449 g/mol. The van der Waals surface area contributed by atoms with Crippen LogP contribution in [0.15, 0.2) is 0 Å². The standard InChI is InChI=1S/C21H40INO/c1-16(2)20(8-12-23-13-9-20)17(3)6-7-18(4)21(19(5)22)10-14-24-15-11-21/h16-19,23H,6-15H2,1-5H3/t17-,18+,19+/m1/s1. The van der Waals surface area contributed by atoms with Crippen LogP contribution >= 0.6 is 22.6 Å². The van der Waals surface area contributed by atoms with Crippen LogP contribution in [0.25, 0.3) is 0 Å². The Morgan fingerprint density at radius 3 is 1.79 bits per heavy atom. The monoisotopic (exact) mass is 449 g/mol. The maximum Gasteiger partial charge on any atom is 0.0471 e. The van der Waals surface area contributed by atoms with Gasteiger partial charge in [-0.15, -0.1) is 0 Å². The molecule has 2 aliphatic heterocycles. The van der Waals surface area contributed by atoms with Crippen LogP contribution in [0.5, 0.6) is 0 Å². The minimum Gasteiger partial charge on any atom is -0.381 e. The van der Waals surface area contributed by atoms with Crippen molar-refractivity contribution in [2.24, 2.45) is 28.6 Å². The lowest BCUT2D eigenvalue weighted by Crippen LogP contribution is -2.45. The molecule has 0 amide bonds. The zero-order chi connectivity index (χ0) is 17.8. The van der Waals surface area contributed by atoms with Crippen LogP contribution in [0.1, 0.15) is 73.1 Å². The van der Waals surface area contributed by atoms with Crippen molar-refractivity contribution in [3.63, 3.8) is 0 Å². The van der Waals surface area contributed by atoms with Crippen molar-refractivity contribution >= 4 is 22.6 Å². The fourth-order valence-electron chi connectivity index (χ4n) is 5.64. The van der Waals surface area contributed by atoms with E-state index in [0.717, 1.165) is 34.9 Å². The predicted octanol–water partition coefficient (Wildman–Crippen LogP) is 5.68. The molecular weight excluding hydrogens is 409 g/mol. The second-order valence-electron chi connectivity index (χ2n) is 8.98. The largest absolute Gasteiger partial charge is 0.381 e. The number of hydrogen-bond acceptors (Lipinski definition) is 2. The number of piperidine rings is 1. The number of rotatable bonds is 7. The molecule has 2 nitrogen and oxygen atoms in total. The molecule has 0 aromatic heterocycles. The van der Waals surface area contributed by atoms with Crippen molar-refractivity contribution in [1.82, 2.24) is 5.32 Å². The van der Waals surface area contributed by atoms with Gasteiger partial charge in [0.25, 0.3) is 0 Å². The van der Waals surface area contributed by atoms with Crippen LogP contribution in [0.4, 0.5) is 0 Å². The molecular formula is C21H40INO. The molecule has 1 N–H and O–H groups in total. The van der Waals surface area contributed by atoms with Gasteiger partial charge >= 0.3 is 0 Å². The van der Waals surface area contributed by atoms with Crippen LogP contribution in [0.3, 0.4) is 0 Å². The average Bonchev–Trinajstić information content (AvgIpc) is 2.60. The van der Waals surface area contributed by atoms with Gasteiger partial charge in [0.15, 0.2) is 0 Å². The fourth-order valence-corrected chi connectivity index (χ4v) is 6.88. The van der Waals surface area contributed by atoms with Crippen molar-refractivity contribution in [2.45, 2.75) is 77.1 Å². The number of hydrogen-bond donors (Lipinski definition) is 1. The topological polar surface area (TPSA) is 21.3 Å². The first kappa shape index (κ1) is 21.0. The van der Waals surface area contributed by atoms with E-state index in [1.165, 1.54) is 51.6 Å². The van der Waals surface area contributed by atoms with Gasteiger partial charge in [-0.25, -0.2) is 0 Å². The Bertz CT molecular complexity index is 334. The smallest absolute Gasteiger partial charge is 0.0471 e.